The number of hydrogen-bond donors (Lipinski definition) is 1. The Kier molecular flexibility index (Phi) is 7.74. The highest BCUT2D eigenvalue weighted by Crippen LogP contribution is 2.24. The van der Waals surface area contributed by atoms with Crippen molar-refractivity contribution in [3.05, 3.63) is 84.4 Å². The minimum absolute atomic E-state index is 0.0717. The molecule has 0 spiro atoms. The molecule has 1 N–H and O–H groups in total. The average molecular weight is 530 g/mol. The molecule has 3 aromatic carbocycles. The Hall–Kier alpha value is -3.25. The predicted molar refractivity (Wildman–Crippen MR) is 137 cm³/mol. The molecular weight excluding hydrogens is 502 g/mol. The van der Waals surface area contributed by atoms with Crippen LogP contribution in [0.15, 0.2) is 88.7 Å². The third kappa shape index (κ3) is 5.76. The lowest BCUT2D eigenvalue weighted by atomic mass is 10.2. The Labute approximate surface area is 211 Å². The number of aryl methyl sites for hydroxylation is 1. The van der Waals surface area contributed by atoms with Crippen LogP contribution in [-0.2, 0) is 29.6 Å². The van der Waals surface area contributed by atoms with Crippen molar-refractivity contribution in [2.45, 2.75) is 16.7 Å². The first kappa shape index (κ1) is 25.8. The summed E-state index contributed by atoms with van der Waals surface area (Å²) in [5.74, 6) is -0.571. The van der Waals surface area contributed by atoms with Gasteiger partial charge in [0.25, 0.3) is 10.0 Å². The third-order valence-electron chi connectivity index (χ3n) is 5.69. The molecule has 1 heterocycles. The van der Waals surface area contributed by atoms with E-state index in [1.807, 2.05) is 6.92 Å². The summed E-state index contributed by atoms with van der Waals surface area (Å²) in [5.41, 5.74) is 1.61. The van der Waals surface area contributed by atoms with Gasteiger partial charge in [0.1, 0.15) is 6.54 Å². The number of nitrogens with zero attached hydrogens (tertiary/aromatic N) is 2. The van der Waals surface area contributed by atoms with Crippen LogP contribution in [0.1, 0.15) is 5.56 Å². The number of para-hydroxylation sites is 1. The zero-order valence-corrected chi connectivity index (χ0v) is 21.3. The summed E-state index contributed by atoms with van der Waals surface area (Å²) >= 11 is 0. The van der Waals surface area contributed by atoms with Gasteiger partial charge >= 0.3 is 0 Å². The number of hydrogen-bond acceptors (Lipinski definition) is 6. The second-order valence-electron chi connectivity index (χ2n) is 8.25. The third-order valence-corrected chi connectivity index (χ3v) is 9.39. The van der Waals surface area contributed by atoms with E-state index < -0.39 is 32.5 Å². The van der Waals surface area contributed by atoms with Crippen molar-refractivity contribution < 1.29 is 26.4 Å². The van der Waals surface area contributed by atoms with E-state index in [0.29, 0.717) is 24.6 Å². The maximum absolute atomic E-state index is 13.4. The molecule has 0 radical (unpaired) electrons. The largest absolute Gasteiger partial charge is 0.379 e. The van der Waals surface area contributed by atoms with Gasteiger partial charge in [-0.05, 0) is 55.5 Å². The number of amides is 1. The lowest BCUT2D eigenvalue weighted by molar-refractivity contribution is -0.114. The highest BCUT2D eigenvalue weighted by atomic mass is 32.2. The minimum atomic E-state index is -4.02. The number of nitrogens with one attached hydrogen (secondary N) is 1. The van der Waals surface area contributed by atoms with Gasteiger partial charge in [0.05, 0.1) is 28.7 Å². The van der Waals surface area contributed by atoms with Crippen molar-refractivity contribution in [1.29, 1.82) is 0 Å². The number of benzene rings is 3. The van der Waals surface area contributed by atoms with Crippen molar-refractivity contribution in [3.63, 3.8) is 0 Å². The van der Waals surface area contributed by atoms with Gasteiger partial charge in [-0.2, -0.15) is 4.31 Å². The fourth-order valence-electron chi connectivity index (χ4n) is 3.72. The summed E-state index contributed by atoms with van der Waals surface area (Å²) in [4.78, 5) is 13.1. The first-order chi connectivity index (χ1) is 17.2. The fraction of sp³-hybridized carbons (Fsp3) is 0.240. The van der Waals surface area contributed by atoms with Crippen LogP contribution in [-0.4, -0.2) is 59.9 Å². The van der Waals surface area contributed by atoms with Gasteiger partial charge in [0.2, 0.25) is 15.9 Å². The van der Waals surface area contributed by atoms with Gasteiger partial charge in [-0.3, -0.25) is 9.10 Å². The number of carbonyl (C=O) groups is 1. The van der Waals surface area contributed by atoms with Gasteiger partial charge in [0, 0.05) is 18.8 Å². The van der Waals surface area contributed by atoms with Gasteiger partial charge in [-0.25, -0.2) is 16.8 Å². The SMILES string of the molecule is Cc1ccc(S(=O)(=O)N(CC(=O)Nc2ccc(S(=O)(=O)N3CCOCC3)cc2)c2ccccc2)cc1. The first-order valence-electron chi connectivity index (χ1n) is 11.3. The highest BCUT2D eigenvalue weighted by molar-refractivity contribution is 7.92. The molecule has 190 valence electrons. The van der Waals surface area contributed by atoms with Crippen LogP contribution in [0.2, 0.25) is 0 Å². The van der Waals surface area contributed by atoms with E-state index in [1.165, 1.54) is 40.7 Å². The molecule has 1 fully saturated rings. The molecule has 1 amide bonds. The minimum Gasteiger partial charge on any atom is -0.379 e. The summed E-state index contributed by atoms with van der Waals surface area (Å²) in [7, 11) is -7.68. The maximum atomic E-state index is 13.4. The molecule has 3 aromatic rings. The van der Waals surface area contributed by atoms with Crippen LogP contribution in [0.5, 0.6) is 0 Å². The summed E-state index contributed by atoms with van der Waals surface area (Å²) in [5, 5.41) is 2.66. The molecule has 0 atom stereocenters. The molecule has 9 nitrogen and oxygen atoms in total. The normalized spacial score (nSPS) is 14.8. The number of ether oxygens (including phenoxy) is 1. The van der Waals surface area contributed by atoms with Gasteiger partial charge in [-0.1, -0.05) is 35.9 Å². The Morgan fingerprint density at radius 1 is 0.861 bits per heavy atom. The second-order valence-corrected chi connectivity index (χ2v) is 12.0. The van der Waals surface area contributed by atoms with Gasteiger partial charge in [-0.15, -0.1) is 0 Å². The molecule has 1 aliphatic heterocycles. The molecule has 0 aliphatic carbocycles. The topological polar surface area (TPSA) is 113 Å². The van der Waals surface area contributed by atoms with Crippen molar-refractivity contribution >= 4 is 37.3 Å². The molecular formula is C25H27N3O6S2. The molecule has 36 heavy (non-hydrogen) atoms. The van der Waals surface area contributed by atoms with Crippen LogP contribution in [0.25, 0.3) is 0 Å². The number of anilines is 2. The molecule has 1 saturated heterocycles. The fourth-order valence-corrected chi connectivity index (χ4v) is 6.55. The quantitative estimate of drug-likeness (QED) is 0.480. The van der Waals surface area contributed by atoms with Crippen molar-refractivity contribution in [2.24, 2.45) is 0 Å². The molecule has 0 saturated carbocycles. The van der Waals surface area contributed by atoms with Crippen molar-refractivity contribution in [3.8, 4) is 0 Å². The zero-order chi connectivity index (χ0) is 25.8. The molecule has 0 bridgehead atoms. The highest BCUT2D eigenvalue weighted by Gasteiger charge is 2.28. The Balaban J connectivity index is 1.52. The molecule has 1 aliphatic rings. The molecule has 11 heteroatoms. The Bertz CT molecular complexity index is 1400. The lowest BCUT2D eigenvalue weighted by Crippen LogP contribution is -2.40. The maximum Gasteiger partial charge on any atom is 0.264 e. The van der Waals surface area contributed by atoms with Crippen molar-refractivity contribution in [1.82, 2.24) is 4.31 Å². The molecule has 0 unspecified atom stereocenters. The van der Waals surface area contributed by atoms with Crippen LogP contribution in [0.3, 0.4) is 0 Å². The van der Waals surface area contributed by atoms with Gasteiger partial charge in [0.15, 0.2) is 0 Å². The lowest BCUT2D eigenvalue weighted by Gasteiger charge is -2.26. The monoisotopic (exact) mass is 529 g/mol. The number of morpholine rings is 1. The number of sulfonamides is 2. The van der Waals surface area contributed by atoms with E-state index in [2.05, 4.69) is 5.32 Å². The van der Waals surface area contributed by atoms with Crippen molar-refractivity contribution in [2.75, 3.05) is 42.5 Å². The van der Waals surface area contributed by atoms with E-state index in [0.717, 1.165) is 9.87 Å². The standard InChI is InChI=1S/C25H27N3O6S2/c1-20-7-11-24(12-8-20)36(32,33)28(22-5-3-2-4-6-22)19-25(29)26-21-9-13-23(14-10-21)35(30,31)27-15-17-34-18-16-27/h2-14H,15-19H2,1H3,(H,26,29). The van der Waals surface area contributed by atoms with Crippen LogP contribution in [0, 0.1) is 6.92 Å². The number of carbonyl (C=O) groups excluding carboxylic acids is 1. The molecule has 4 rings (SSSR count). The Morgan fingerprint density at radius 2 is 1.44 bits per heavy atom. The van der Waals surface area contributed by atoms with E-state index >= 15 is 0 Å². The van der Waals surface area contributed by atoms with E-state index in [-0.39, 0.29) is 22.9 Å². The van der Waals surface area contributed by atoms with E-state index in [1.54, 1.807) is 42.5 Å². The Morgan fingerprint density at radius 3 is 2.06 bits per heavy atom. The number of rotatable bonds is 8. The second kappa shape index (κ2) is 10.8. The van der Waals surface area contributed by atoms with E-state index in [4.69, 9.17) is 4.74 Å². The summed E-state index contributed by atoms with van der Waals surface area (Å²) < 4.78 is 60.0. The van der Waals surface area contributed by atoms with Crippen LogP contribution < -0.4 is 9.62 Å². The average Bonchev–Trinajstić information content (AvgIpc) is 2.89. The first-order valence-corrected chi connectivity index (χ1v) is 14.2. The van der Waals surface area contributed by atoms with Crippen LogP contribution >= 0.6 is 0 Å². The summed E-state index contributed by atoms with van der Waals surface area (Å²) in [6.07, 6.45) is 0. The van der Waals surface area contributed by atoms with Crippen LogP contribution in [0.4, 0.5) is 11.4 Å². The summed E-state index contributed by atoms with van der Waals surface area (Å²) in [6, 6.07) is 20.6. The predicted octanol–water partition coefficient (Wildman–Crippen LogP) is 2.85. The van der Waals surface area contributed by atoms with Gasteiger partial charge < -0.3 is 10.1 Å². The molecule has 0 aromatic heterocycles. The summed E-state index contributed by atoms with van der Waals surface area (Å²) in [6.45, 7) is 2.65. The zero-order valence-electron chi connectivity index (χ0n) is 19.7. The smallest absolute Gasteiger partial charge is 0.264 e. The van der Waals surface area contributed by atoms with E-state index in [9.17, 15) is 21.6 Å².